The van der Waals surface area contributed by atoms with E-state index in [2.05, 4.69) is 15.2 Å². The Hall–Kier alpha value is -1.32. The standard InChI is InChI=1S/C24H37N3O4S2/c1-31-16-24(12-10-18(11-13-24)17-8-9-17)27(19-6-4-2-3-5-7-19)23(30)26-22-25-14-21(33-22)32-15-20(28)29/h14,17-19H,2-13,15-16H2,1H3,(H,28,29)(H,25,26,30). The van der Waals surface area contributed by atoms with E-state index in [4.69, 9.17) is 9.84 Å². The Balaban J connectivity index is 1.53. The Morgan fingerprint density at radius 2 is 1.82 bits per heavy atom. The van der Waals surface area contributed by atoms with E-state index in [1.165, 1.54) is 61.6 Å². The Morgan fingerprint density at radius 1 is 1.15 bits per heavy atom. The van der Waals surface area contributed by atoms with Crippen LogP contribution in [0.5, 0.6) is 0 Å². The molecule has 9 heteroatoms. The van der Waals surface area contributed by atoms with E-state index in [0.29, 0.717) is 11.7 Å². The zero-order valence-electron chi connectivity index (χ0n) is 19.6. The molecule has 3 fully saturated rings. The van der Waals surface area contributed by atoms with Gasteiger partial charge in [0.2, 0.25) is 0 Å². The van der Waals surface area contributed by atoms with Gasteiger partial charge in [-0.2, -0.15) is 0 Å². The van der Waals surface area contributed by atoms with Crippen molar-refractivity contribution in [2.45, 2.75) is 92.8 Å². The lowest BCUT2D eigenvalue weighted by atomic mass is 9.73. The molecule has 33 heavy (non-hydrogen) atoms. The lowest BCUT2D eigenvalue weighted by Crippen LogP contribution is -2.61. The molecule has 2 amide bonds. The maximum Gasteiger partial charge on any atom is 0.324 e. The summed E-state index contributed by atoms with van der Waals surface area (Å²) in [6.45, 7) is 0.575. The molecule has 0 saturated heterocycles. The first kappa shape index (κ1) is 24.8. The van der Waals surface area contributed by atoms with E-state index < -0.39 is 5.97 Å². The zero-order chi connectivity index (χ0) is 23.3. The van der Waals surface area contributed by atoms with E-state index in [1.807, 2.05) is 0 Å². The molecule has 1 aromatic rings. The third kappa shape index (κ3) is 6.42. The minimum Gasteiger partial charge on any atom is -0.481 e. The molecule has 184 valence electrons. The summed E-state index contributed by atoms with van der Waals surface area (Å²) >= 11 is 2.57. The van der Waals surface area contributed by atoms with Crippen LogP contribution in [0.3, 0.4) is 0 Å². The summed E-state index contributed by atoms with van der Waals surface area (Å²) < 4.78 is 6.56. The molecule has 4 rings (SSSR count). The van der Waals surface area contributed by atoms with Crippen LogP contribution in [0.25, 0.3) is 0 Å². The molecule has 1 heterocycles. The third-order valence-electron chi connectivity index (χ3n) is 7.62. The number of carbonyl (C=O) groups excluding carboxylic acids is 1. The topological polar surface area (TPSA) is 91.8 Å². The molecule has 0 radical (unpaired) electrons. The van der Waals surface area contributed by atoms with Crippen molar-refractivity contribution in [3.8, 4) is 0 Å². The molecule has 0 aromatic carbocycles. The first-order chi connectivity index (χ1) is 16.0. The minimum absolute atomic E-state index is 0.0110. The first-order valence-electron chi connectivity index (χ1n) is 12.4. The number of nitrogens with zero attached hydrogens (tertiary/aromatic N) is 2. The van der Waals surface area contributed by atoms with Crippen LogP contribution in [0.4, 0.5) is 9.93 Å². The van der Waals surface area contributed by atoms with Crippen molar-refractivity contribution in [1.82, 2.24) is 9.88 Å². The predicted molar refractivity (Wildman–Crippen MR) is 132 cm³/mol. The van der Waals surface area contributed by atoms with Crippen LogP contribution in [0.15, 0.2) is 10.4 Å². The molecular weight excluding hydrogens is 458 g/mol. The Kier molecular flexibility index (Phi) is 8.57. The van der Waals surface area contributed by atoms with Gasteiger partial charge in [0.15, 0.2) is 5.13 Å². The number of urea groups is 1. The van der Waals surface area contributed by atoms with Gasteiger partial charge in [0.05, 0.1) is 28.3 Å². The van der Waals surface area contributed by atoms with Gasteiger partial charge in [-0.3, -0.25) is 10.1 Å². The van der Waals surface area contributed by atoms with Gasteiger partial charge in [0.1, 0.15) is 0 Å². The number of hydrogen-bond donors (Lipinski definition) is 2. The quantitative estimate of drug-likeness (QED) is 0.329. The molecular formula is C24H37N3O4S2. The molecule has 3 aliphatic carbocycles. The molecule has 0 bridgehead atoms. The van der Waals surface area contributed by atoms with Gasteiger partial charge in [-0.1, -0.05) is 37.0 Å². The lowest BCUT2D eigenvalue weighted by Gasteiger charge is -2.50. The number of carbonyl (C=O) groups is 2. The summed E-state index contributed by atoms with van der Waals surface area (Å²) in [7, 11) is 1.75. The normalized spacial score (nSPS) is 26.5. The van der Waals surface area contributed by atoms with Crippen molar-refractivity contribution in [2.24, 2.45) is 11.8 Å². The second kappa shape index (κ2) is 11.4. The lowest BCUT2D eigenvalue weighted by molar-refractivity contribution is -0.133. The monoisotopic (exact) mass is 495 g/mol. The van der Waals surface area contributed by atoms with Crippen LogP contribution in [-0.4, -0.2) is 58.0 Å². The number of methoxy groups -OCH3 is 1. The third-order valence-corrected chi connectivity index (χ3v) is 9.71. The second-order valence-corrected chi connectivity index (χ2v) is 12.3. The fraction of sp³-hybridized carbons (Fsp3) is 0.792. The van der Waals surface area contributed by atoms with Crippen LogP contribution >= 0.6 is 23.1 Å². The Bertz CT molecular complexity index is 797. The number of aromatic nitrogens is 1. The summed E-state index contributed by atoms with van der Waals surface area (Å²) in [5.41, 5.74) is -0.266. The number of aliphatic carboxylic acids is 1. The maximum atomic E-state index is 13.8. The number of amides is 2. The van der Waals surface area contributed by atoms with E-state index in [-0.39, 0.29) is 23.4 Å². The Morgan fingerprint density at radius 3 is 2.42 bits per heavy atom. The summed E-state index contributed by atoms with van der Waals surface area (Å²) in [6, 6.07) is 0.147. The molecule has 7 nitrogen and oxygen atoms in total. The number of carboxylic acid groups (broad SMARTS) is 1. The van der Waals surface area contributed by atoms with Gasteiger partial charge in [-0.15, -0.1) is 11.8 Å². The largest absolute Gasteiger partial charge is 0.481 e. The number of rotatable bonds is 9. The number of anilines is 1. The van der Waals surface area contributed by atoms with Gasteiger partial charge >= 0.3 is 12.0 Å². The van der Waals surface area contributed by atoms with E-state index in [9.17, 15) is 9.59 Å². The average Bonchev–Trinajstić information content (AvgIpc) is 3.58. The van der Waals surface area contributed by atoms with Crippen molar-refractivity contribution < 1.29 is 19.4 Å². The molecule has 0 atom stereocenters. The summed E-state index contributed by atoms with van der Waals surface area (Å²) in [4.78, 5) is 31.2. The van der Waals surface area contributed by atoms with Gasteiger partial charge in [-0.25, -0.2) is 9.78 Å². The minimum atomic E-state index is -0.859. The van der Waals surface area contributed by atoms with Gasteiger partial charge in [0.25, 0.3) is 0 Å². The molecule has 0 unspecified atom stereocenters. The first-order valence-corrected chi connectivity index (χ1v) is 14.2. The van der Waals surface area contributed by atoms with Gasteiger partial charge in [-0.05, 0) is 63.2 Å². The van der Waals surface area contributed by atoms with Crippen molar-refractivity contribution in [3.05, 3.63) is 6.20 Å². The maximum absolute atomic E-state index is 13.8. The van der Waals surface area contributed by atoms with E-state index in [0.717, 1.165) is 54.6 Å². The molecule has 0 spiro atoms. The van der Waals surface area contributed by atoms with Crippen molar-refractivity contribution in [1.29, 1.82) is 0 Å². The van der Waals surface area contributed by atoms with E-state index >= 15 is 0 Å². The Labute approximate surface area is 205 Å². The average molecular weight is 496 g/mol. The summed E-state index contributed by atoms with van der Waals surface area (Å²) in [5, 5.41) is 12.5. The zero-order valence-corrected chi connectivity index (χ0v) is 21.2. The predicted octanol–water partition coefficient (Wildman–Crippen LogP) is 5.86. The molecule has 3 aliphatic rings. The SMILES string of the molecule is COCC1(N(C(=O)Nc2ncc(SCC(=O)O)s2)C2CCCCCC2)CCC(C2CC2)CC1. The molecule has 2 N–H and O–H groups in total. The smallest absolute Gasteiger partial charge is 0.324 e. The van der Waals surface area contributed by atoms with Crippen LogP contribution in [0.1, 0.15) is 77.0 Å². The van der Waals surface area contributed by atoms with Crippen molar-refractivity contribution >= 4 is 40.2 Å². The summed E-state index contributed by atoms with van der Waals surface area (Å²) in [5.74, 6) is 0.842. The van der Waals surface area contributed by atoms with Crippen LogP contribution in [0.2, 0.25) is 0 Å². The summed E-state index contributed by atoms with van der Waals surface area (Å²) in [6.07, 6.45) is 15.7. The van der Waals surface area contributed by atoms with Crippen LogP contribution in [0, 0.1) is 11.8 Å². The number of thioether (sulfide) groups is 1. The number of nitrogens with one attached hydrogen (secondary N) is 1. The van der Waals surface area contributed by atoms with Crippen LogP contribution < -0.4 is 5.32 Å². The number of thiazole rings is 1. The van der Waals surface area contributed by atoms with Crippen molar-refractivity contribution in [3.63, 3.8) is 0 Å². The van der Waals surface area contributed by atoms with Crippen LogP contribution in [-0.2, 0) is 9.53 Å². The van der Waals surface area contributed by atoms with Gasteiger partial charge in [0, 0.05) is 13.2 Å². The highest BCUT2D eigenvalue weighted by Crippen LogP contribution is 2.48. The highest BCUT2D eigenvalue weighted by molar-refractivity contribution is 8.01. The molecule has 3 saturated carbocycles. The highest BCUT2D eigenvalue weighted by atomic mass is 32.2. The number of ether oxygens (including phenoxy) is 1. The number of carboxylic acids is 1. The fourth-order valence-electron chi connectivity index (χ4n) is 5.89. The molecule has 0 aliphatic heterocycles. The van der Waals surface area contributed by atoms with E-state index in [1.54, 1.807) is 13.3 Å². The molecule has 1 aromatic heterocycles. The fourth-order valence-corrected chi connectivity index (χ4v) is 7.47. The van der Waals surface area contributed by atoms with Gasteiger partial charge < -0.3 is 14.7 Å². The highest BCUT2D eigenvalue weighted by Gasteiger charge is 2.48. The number of hydrogen-bond acceptors (Lipinski definition) is 6. The van der Waals surface area contributed by atoms with Crippen molar-refractivity contribution in [2.75, 3.05) is 24.8 Å². The second-order valence-electron chi connectivity index (χ2n) is 9.94.